The number of carbonyl (C=O) groups excluding carboxylic acids is 4. The maximum atomic E-state index is 13.9. The van der Waals surface area contributed by atoms with E-state index in [1.165, 1.54) is 31.3 Å². The molecule has 1 N–H and O–H groups in total. The zero-order chi connectivity index (χ0) is 28.3. The Hall–Kier alpha value is -4.46. The summed E-state index contributed by atoms with van der Waals surface area (Å²) in [6.45, 7) is 1.78. The van der Waals surface area contributed by atoms with Gasteiger partial charge in [-0.2, -0.15) is 0 Å². The Labute approximate surface area is 231 Å². The Kier molecular flexibility index (Phi) is 6.21. The van der Waals surface area contributed by atoms with Gasteiger partial charge >= 0.3 is 0 Å². The lowest BCUT2D eigenvalue weighted by atomic mass is 9.59. The number of aromatic hydroxyl groups is 1. The van der Waals surface area contributed by atoms with Gasteiger partial charge in [0.25, 0.3) is 0 Å². The Morgan fingerprint density at radius 1 is 0.975 bits per heavy atom. The lowest BCUT2D eigenvalue weighted by molar-refractivity contribution is -0.140. The number of nitrogens with zero attached hydrogens (tertiary/aromatic N) is 1. The molecule has 2 amide bonds. The minimum atomic E-state index is -0.817. The average Bonchev–Trinajstić information content (AvgIpc) is 3.20. The van der Waals surface area contributed by atoms with E-state index in [0.29, 0.717) is 34.6 Å². The van der Waals surface area contributed by atoms with Crippen LogP contribution in [0.2, 0.25) is 0 Å². The van der Waals surface area contributed by atoms with E-state index < -0.39 is 23.7 Å². The molecule has 4 aliphatic rings. The van der Waals surface area contributed by atoms with Crippen LogP contribution >= 0.6 is 0 Å². The Bertz CT molecular complexity index is 1560. The van der Waals surface area contributed by atoms with E-state index >= 15 is 0 Å². The van der Waals surface area contributed by atoms with Gasteiger partial charge in [0.05, 0.1) is 32.6 Å². The lowest BCUT2D eigenvalue weighted by Crippen LogP contribution is -2.39. The molecule has 204 valence electrons. The van der Waals surface area contributed by atoms with Crippen molar-refractivity contribution < 1.29 is 33.8 Å². The summed E-state index contributed by atoms with van der Waals surface area (Å²) in [7, 11) is 2.92. The van der Waals surface area contributed by atoms with E-state index in [2.05, 4.69) is 0 Å². The zero-order valence-electron chi connectivity index (χ0n) is 22.5. The quantitative estimate of drug-likeness (QED) is 0.347. The summed E-state index contributed by atoms with van der Waals surface area (Å²) in [4.78, 5) is 55.7. The average molecular weight is 540 g/mol. The molecule has 40 heavy (non-hydrogen) atoms. The van der Waals surface area contributed by atoms with Crippen LogP contribution in [0.15, 0.2) is 76.9 Å². The number of rotatable bonds is 5. The number of hydrogen-bond acceptors (Lipinski definition) is 7. The topological polar surface area (TPSA) is 110 Å². The summed E-state index contributed by atoms with van der Waals surface area (Å²) < 4.78 is 10.9. The second-order valence-electron chi connectivity index (χ2n) is 10.7. The minimum absolute atomic E-state index is 0.150. The zero-order valence-corrected chi connectivity index (χ0v) is 22.5. The number of carbonyl (C=O) groups is 4. The number of Topliss-reactive ketones (excluding diaryl/α,β-unsaturated/α-hetero) is 1. The van der Waals surface area contributed by atoms with Crippen LogP contribution in [0.5, 0.6) is 17.2 Å². The SMILES string of the molecule is COc1cc(O)c([C@H]2C3=CC[C@@H]4C(=O)N(Cc5ccccc5)C(=O)[C@@H]4[C@@H]3CC3=C2C(=O)C=C(C)C3=O)c(OC)c1. The van der Waals surface area contributed by atoms with Crippen LogP contribution in [0.25, 0.3) is 0 Å². The van der Waals surface area contributed by atoms with Crippen molar-refractivity contribution in [1.29, 1.82) is 0 Å². The molecule has 1 heterocycles. The smallest absolute Gasteiger partial charge is 0.234 e. The van der Waals surface area contributed by atoms with Gasteiger partial charge in [0, 0.05) is 40.3 Å². The predicted octanol–water partition coefficient (Wildman–Crippen LogP) is 4.04. The van der Waals surface area contributed by atoms with Crippen molar-refractivity contribution in [2.45, 2.75) is 32.2 Å². The molecule has 0 aromatic heterocycles. The molecule has 0 spiro atoms. The molecule has 2 aromatic rings. The first kappa shape index (κ1) is 25.8. The Morgan fingerprint density at radius 2 is 1.73 bits per heavy atom. The molecule has 0 radical (unpaired) electrons. The largest absolute Gasteiger partial charge is 0.507 e. The first-order valence-electron chi connectivity index (χ1n) is 13.3. The van der Waals surface area contributed by atoms with Gasteiger partial charge in [-0.3, -0.25) is 24.1 Å². The minimum Gasteiger partial charge on any atom is -0.507 e. The van der Waals surface area contributed by atoms with E-state index in [1.54, 1.807) is 13.0 Å². The van der Waals surface area contributed by atoms with Crippen LogP contribution in [-0.2, 0) is 25.7 Å². The van der Waals surface area contributed by atoms with Gasteiger partial charge in [0.1, 0.15) is 17.2 Å². The van der Waals surface area contributed by atoms with E-state index in [4.69, 9.17) is 9.47 Å². The molecule has 0 saturated carbocycles. The fraction of sp³-hybridized carbons (Fsp3) is 0.312. The van der Waals surface area contributed by atoms with E-state index in [9.17, 15) is 24.3 Å². The molecule has 6 rings (SSSR count). The van der Waals surface area contributed by atoms with Crippen molar-refractivity contribution in [3.63, 3.8) is 0 Å². The van der Waals surface area contributed by atoms with E-state index in [-0.39, 0.29) is 47.7 Å². The summed E-state index contributed by atoms with van der Waals surface area (Å²) >= 11 is 0. The highest BCUT2D eigenvalue weighted by Gasteiger charge is 2.56. The number of benzene rings is 2. The van der Waals surface area contributed by atoms with Gasteiger partial charge in [-0.1, -0.05) is 42.0 Å². The number of phenols is 1. The number of ether oxygens (including phenoxy) is 2. The molecule has 1 saturated heterocycles. The van der Waals surface area contributed by atoms with Gasteiger partial charge in [-0.15, -0.1) is 0 Å². The van der Waals surface area contributed by atoms with Crippen molar-refractivity contribution in [2.24, 2.45) is 17.8 Å². The van der Waals surface area contributed by atoms with Gasteiger partial charge in [-0.25, -0.2) is 0 Å². The highest BCUT2D eigenvalue weighted by molar-refractivity contribution is 6.23. The number of phenolic OH excluding ortho intramolecular Hbond substituents is 1. The maximum Gasteiger partial charge on any atom is 0.234 e. The molecular formula is C32H29NO7. The van der Waals surface area contributed by atoms with Gasteiger partial charge in [0.2, 0.25) is 11.8 Å². The first-order chi connectivity index (χ1) is 19.2. The van der Waals surface area contributed by atoms with Crippen molar-refractivity contribution in [3.05, 3.63) is 88.0 Å². The first-order valence-corrected chi connectivity index (χ1v) is 13.3. The molecule has 0 unspecified atom stereocenters. The monoisotopic (exact) mass is 539 g/mol. The van der Waals surface area contributed by atoms with Crippen LogP contribution in [0.1, 0.15) is 36.8 Å². The summed E-state index contributed by atoms with van der Waals surface area (Å²) in [5.41, 5.74) is 2.87. The lowest BCUT2D eigenvalue weighted by Gasteiger charge is -2.42. The third-order valence-electron chi connectivity index (χ3n) is 8.68. The number of hydrogen-bond donors (Lipinski definition) is 1. The predicted molar refractivity (Wildman–Crippen MR) is 145 cm³/mol. The fourth-order valence-corrected chi connectivity index (χ4v) is 6.86. The summed E-state index contributed by atoms with van der Waals surface area (Å²) in [6, 6.07) is 12.4. The van der Waals surface area contributed by atoms with Crippen molar-refractivity contribution in [3.8, 4) is 17.2 Å². The number of imide groups is 1. The Morgan fingerprint density at radius 3 is 2.42 bits per heavy atom. The number of ketones is 2. The maximum absolute atomic E-state index is 13.9. The molecule has 8 heteroatoms. The van der Waals surface area contributed by atoms with Crippen molar-refractivity contribution in [2.75, 3.05) is 14.2 Å². The van der Waals surface area contributed by atoms with E-state index in [1.807, 2.05) is 36.4 Å². The molecule has 8 nitrogen and oxygen atoms in total. The van der Waals surface area contributed by atoms with E-state index in [0.717, 1.165) is 11.1 Å². The molecular weight excluding hydrogens is 510 g/mol. The second-order valence-corrected chi connectivity index (χ2v) is 10.7. The van der Waals surface area contributed by atoms with Gasteiger partial charge in [-0.05, 0) is 37.3 Å². The highest BCUT2D eigenvalue weighted by atomic mass is 16.5. The molecule has 3 aliphatic carbocycles. The second kappa shape index (κ2) is 9.62. The summed E-state index contributed by atoms with van der Waals surface area (Å²) in [5.74, 6) is -3.09. The van der Waals surface area contributed by atoms with Gasteiger partial charge < -0.3 is 14.6 Å². The molecule has 4 atom stereocenters. The van der Waals surface area contributed by atoms with Crippen molar-refractivity contribution in [1.82, 2.24) is 4.90 Å². The number of fused-ring (bicyclic) bond motifs is 3. The van der Waals surface area contributed by atoms with Crippen LogP contribution < -0.4 is 9.47 Å². The summed E-state index contributed by atoms with van der Waals surface area (Å²) in [5, 5.41) is 11.2. The van der Waals surface area contributed by atoms with Crippen molar-refractivity contribution >= 4 is 23.4 Å². The summed E-state index contributed by atoms with van der Waals surface area (Å²) in [6.07, 6.45) is 3.75. The van der Waals surface area contributed by atoms with Crippen LogP contribution in [0.3, 0.4) is 0 Å². The standard InChI is InChI=1S/C32H29NO7/c1-16-11-23(34)27-22(30(16)36)14-21-19(28(27)29-24(35)12-18(39-2)13-25(29)40-3)9-10-20-26(21)32(38)33(31(20)37)15-17-7-5-4-6-8-17/h4-9,11-13,20-21,26,28,35H,10,14-15H2,1-3H3/t20-,21+,26-,28-/m0/s1. The molecule has 2 aromatic carbocycles. The van der Waals surface area contributed by atoms with Crippen LogP contribution in [0, 0.1) is 17.8 Å². The number of allylic oxidation sites excluding steroid dienone is 6. The number of likely N-dealkylation sites (tertiary alicyclic amines) is 1. The normalized spacial score (nSPS) is 25.7. The fourth-order valence-electron chi connectivity index (χ4n) is 6.86. The van der Waals surface area contributed by atoms with Crippen LogP contribution in [-0.4, -0.2) is 47.6 Å². The highest BCUT2D eigenvalue weighted by Crippen LogP contribution is 2.57. The third-order valence-corrected chi connectivity index (χ3v) is 8.68. The third kappa shape index (κ3) is 3.81. The molecule has 1 aliphatic heterocycles. The number of amides is 2. The Balaban J connectivity index is 1.49. The molecule has 0 bridgehead atoms. The number of methoxy groups -OCH3 is 2. The molecule has 1 fully saturated rings. The van der Waals surface area contributed by atoms with Crippen LogP contribution in [0.4, 0.5) is 0 Å². The van der Waals surface area contributed by atoms with Gasteiger partial charge in [0.15, 0.2) is 11.6 Å².